The maximum absolute atomic E-state index is 10.1. The van der Waals surface area contributed by atoms with Crippen LogP contribution in [0.2, 0.25) is 0 Å². The van der Waals surface area contributed by atoms with Gasteiger partial charge in [0.15, 0.2) is 0 Å². The first-order valence-electron chi connectivity index (χ1n) is 7.03. The fourth-order valence-electron chi connectivity index (χ4n) is 3.40. The highest BCUT2D eigenvalue weighted by molar-refractivity contribution is 7.71. The molecule has 0 spiro atoms. The molecule has 3 aliphatic rings. The number of hydrogen-bond acceptors (Lipinski definition) is 4. The van der Waals surface area contributed by atoms with E-state index in [0.29, 0.717) is 11.2 Å². The summed E-state index contributed by atoms with van der Waals surface area (Å²) in [5.41, 5.74) is 2.37. The van der Waals surface area contributed by atoms with Crippen molar-refractivity contribution in [2.45, 2.75) is 45.6 Å². The SMILES string of the molecule is CC(O)C1=C(C2(C3(C)CC3)CC2)N(N)/C(=C\PCl)N=C1. The van der Waals surface area contributed by atoms with Gasteiger partial charge in [-0.25, -0.2) is 10.8 Å². The van der Waals surface area contributed by atoms with E-state index in [1.54, 1.807) is 18.1 Å². The number of hydrogen-bond donors (Lipinski definition) is 2. The van der Waals surface area contributed by atoms with E-state index in [0.717, 1.165) is 24.1 Å². The van der Waals surface area contributed by atoms with E-state index in [9.17, 15) is 5.11 Å². The Morgan fingerprint density at radius 3 is 2.60 bits per heavy atom. The zero-order valence-electron chi connectivity index (χ0n) is 11.9. The van der Waals surface area contributed by atoms with Crippen molar-refractivity contribution in [1.29, 1.82) is 0 Å². The third-order valence-corrected chi connectivity index (χ3v) is 5.78. The Balaban J connectivity index is 2.07. The van der Waals surface area contributed by atoms with E-state index >= 15 is 0 Å². The van der Waals surface area contributed by atoms with E-state index in [1.807, 2.05) is 5.82 Å². The number of allylic oxidation sites excluding steroid dienone is 1. The standard InChI is InChI=1S/C14H21ClN3OP/c1-9(19)10-7-17-11(8-20-15)18(16)12(10)14(5-6-14)13(2)3-4-13/h7-9,19-20H,3-6,16H2,1-2H3/b11-8-. The summed E-state index contributed by atoms with van der Waals surface area (Å²) in [6, 6.07) is 0. The quantitative estimate of drug-likeness (QED) is 0.619. The van der Waals surface area contributed by atoms with Crippen LogP contribution in [0.4, 0.5) is 0 Å². The van der Waals surface area contributed by atoms with Crippen LogP contribution in [0, 0.1) is 10.8 Å². The van der Waals surface area contributed by atoms with Gasteiger partial charge in [0.2, 0.25) is 0 Å². The van der Waals surface area contributed by atoms with Gasteiger partial charge in [-0.05, 0) is 43.8 Å². The first-order valence-corrected chi connectivity index (χ1v) is 9.12. The third kappa shape index (κ3) is 2.05. The van der Waals surface area contributed by atoms with Crippen molar-refractivity contribution in [3.63, 3.8) is 0 Å². The molecule has 1 aliphatic heterocycles. The second-order valence-electron chi connectivity index (χ2n) is 6.36. The van der Waals surface area contributed by atoms with Crippen molar-refractivity contribution in [3.8, 4) is 0 Å². The second-order valence-corrected chi connectivity index (χ2v) is 7.52. The minimum atomic E-state index is -0.556. The van der Waals surface area contributed by atoms with E-state index in [1.165, 1.54) is 12.8 Å². The van der Waals surface area contributed by atoms with Gasteiger partial charge in [-0.1, -0.05) is 18.2 Å². The van der Waals surface area contributed by atoms with Gasteiger partial charge in [0.1, 0.15) is 5.82 Å². The summed E-state index contributed by atoms with van der Waals surface area (Å²) in [4.78, 5) is 4.34. The van der Waals surface area contributed by atoms with Gasteiger partial charge >= 0.3 is 0 Å². The molecular formula is C14H21ClN3OP. The number of nitrogens with two attached hydrogens (primary N) is 1. The second kappa shape index (κ2) is 4.81. The Bertz CT molecular complexity index is 519. The number of aliphatic hydroxyl groups excluding tert-OH is 1. The summed E-state index contributed by atoms with van der Waals surface area (Å²) in [7, 11) is 0.147. The molecule has 0 aromatic heterocycles. The van der Waals surface area contributed by atoms with E-state index < -0.39 is 6.10 Å². The van der Waals surface area contributed by atoms with Gasteiger partial charge in [-0.2, -0.15) is 0 Å². The molecular weight excluding hydrogens is 293 g/mol. The Hall–Kier alpha value is -0.410. The number of hydrazine groups is 1. The number of halogens is 1. The maximum atomic E-state index is 10.1. The molecule has 6 heteroatoms. The Labute approximate surface area is 126 Å². The Kier molecular flexibility index (Phi) is 3.49. The zero-order valence-corrected chi connectivity index (χ0v) is 13.6. The van der Waals surface area contributed by atoms with Crippen LogP contribution in [0.3, 0.4) is 0 Å². The summed E-state index contributed by atoms with van der Waals surface area (Å²) >= 11 is 5.81. The van der Waals surface area contributed by atoms with Crippen molar-refractivity contribution in [2.75, 3.05) is 0 Å². The average Bonchev–Trinajstić information content (AvgIpc) is 3.28. The van der Waals surface area contributed by atoms with E-state index in [2.05, 4.69) is 11.9 Å². The summed E-state index contributed by atoms with van der Waals surface area (Å²) in [6.07, 6.45) is 5.98. The molecule has 1 heterocycles. The molecule has 0 bridgehead atoms. The molecule has 4 nitrogen and oxygen atoms in total. The van der Waals surface area contributed by atoms with Crippen LogP contribution in [-0.4, -0.2) is 22.4 Å². The summed E-state index contributed by atoms with van der Waals surface area (Å²) in [5, 5.41) is 11.7. The van der Waals surface area contributed by atoms with Crippen molar-refractivity contribution in [3.05, 3.63) is 22.9 Å². The Morgan fingerprint density at radius 2 is 2.15 bits per heavy atom. The van der Waals surface area contributed by atoms with Crippen LogP contribution in [0.5, 0.6) is 0 Å². The highest BCUT2D eigenvalue weighted by Gasteiger charge is 2.66. The molecule has 0 aromatic rings. The molecule has 2 fully saturated rings. The third-order valence-electron chi connectivity index (χ3n) is 5.09. The lowest BCUT2D eigenvalue weighted by Crippen LogP contribution is -2.40. The summed E-state index contributed by atoms with van der Waals surface area (Å²) in [5.74, 6) is 8.84. The van der Waals surface area contributed by atoms with Crippen LogP contribution >= 0.6 is 19.2 Å². The Morgan fingerprint density at radius 1 is 1.50 bits per heavy atom. The van der Waals surface area contributed by atoms with Crippen LogP contribution in [0.1, 0.15) is 39.5 Å². The molecule has 0 amide bonds. The van der Waals surface area contributed by atoms with Crippen molar-refractivity contribution < 1.29 is 5.11 Å². The first kappa shape index (κ1) is 14.5. The molecule has 3 rings (SSSR count). The van der Waals surface area contributed by atoms with Crippen LogP contribution in [-0.2, 0) is 0 Å². The van der Waals surface area contributed by atoms with Crippen LogP contribution in [0.15, 0.2) is 27.9 Å². The smallest absolute Gasteiger partial charge is 0.148 e. The zero-order chi connectivity index (χ0) is 14.5. The van der Waals surface area contributed by atoms with Crippen molar-refractivity contribution in [2.24, 2.45) is 21.7 Å². The fraction of sp³-hybridized carbons (Fsp3) is 0.643. The normalized spacial score (nSPS) is 30.4. The fourth-order valence-corrected chi connectivity index (χ4v) is 4.00. The molecule has 0 saturated heterocycles. The molecule has 20 heavy (non-hydrogen) atoms. The molecule has 2 atom stereocenters. The van der Waals surface area contributed by atoms with Gasteiger partial charge in [-0.15, -0.1) is 0 Å². The predicted molar refractivity (Wildman–Crippen MR) is 84.5 cm³/mol. The molecule has 0 radical (unpaired) electrons. The lowest BCUT2D eigenvalue weighted by atomic mass is 9.81. The highest BCUT2D eigenvalue weighted by Crippen LogP contribution is 2.74. The lowest BCUT2D eigenvalue weighted by Gasteiger charge is -2.37. The number of aliphatic imine (C=N–C) groups is 1. The monoisotopic (exact) mass is 313 g/mol. The predicted octanol–water partition coefficient (Wildman–Crippen LogP) is 3.09. The minimum Gasteiger partial charge on any atom is -0.389 e. The van der Waals surface area contributed by atoms with Gasteiger partial charge < -0.3 is 5.11 Å². The number of rotatable bonds is 4. The molecule has 2 aliphatic carbocycles. The number of nitrogens with zero attached hydrogens (tertiary/aromatic N) is 2. The molecule has 2 unspecified atom stereocenters. The van der Waals surface area contributed by atoms with Gasteiger partial charge in [0.05, 0.1) is 11.8 Å². The number of aliphatic hydroxyl groups is 1. The maximum Gasteiger partial charge on any atom is 0.148 e. The lowest BCUT2D eigenvalue weighted by molar-refractivity contribution is 0.214. The van der Waals surface area contributed by atoms with Crippen molar-refractivity contribution in [1.82, 2.24) is 5.01 Å². The highest BCUT2D eigenvalue weighted by atomic mass is 35.7. The summed E-state index contributed by atoms with van der Waals surface area (Å²) in [6.45, 7) is 4.11. The summed E-state index contributed by atoms with van der Waals surface area (Å²) < 4.78 is 0. The first-order chi connectivity index (χ1) is 9.45. The average molecular weight is 314 g/mol. The van der Waals surface area contributed by atoms with Crippen molar-refractivity contribution >= 4 is 25.4 Å². The molecule has 0 aromatic carbocycles. The van der Waals surface area contributed by atoms with Crippen LogP contribution in [0.25, 0.3) is 0 Å². The van der Waals surface area contributed by atoms with Gasteiger partial charge in [0.25, 0.3) is 0 Å². The molecule has 3 N–H and O–H groups in total. The van der Waals surface area contributed by atoms with Gasteiger partial charge in [0, 0.05) is 25.1 Å². The van der Waals surface area contributed by atoms with Crippen LogP contribution < -0.4 is 5.84 Å². The topological polar surface area (TPSA) is 61.8 Å². The minimum absolute atomic E-state index is 0.120. The molecule has 2 saturated carbocycles. The van der Waals surface area contributed by atoms with E-state index in [4.69, 9.17) is 17.1 Å². The molecule has 110 valence electrons. The van der Waals surface area contributed by atoms with Gasteiger partial charge in [-0.3, -0.25) is 5.01 Å². The largest absolute Gasteiger partial charge is 0.389 e. The van der Waals surface area contributed by atoms with E-state index in [-0.39, 0.29) is 13.3 Å².